The minimum absolute atomic E-state index is 0.0365. The highest BCUT2D eigenvalue weighted by atomic mass is 32.1. The average molecular weight is 360 g/mol. The van der Waals surface area contributed by atoms with Crippen LogP contribution in [-0.4, -0.2) is 52.6 Å². The van der Waals surface area contributed by atoms with Crippen molar-refractivity contribution in [1.82, 2.24) is 14.5 Å². The van der Waals surface area contributed by atoms with Crippen molar-refractivity contribution in [3.8, 4) is 5.75 Å². The number of aromatic nitrogens is 2. The summed E-state index contributed by atoms with van der Waals surface area (Å²) in [5, 5.41) is 2.93. The number of anilines is 1. The third-order valence-electron chi connectivity index (χ3n) is 4.86. The van der Waals surface area contributed by atoms with E-state index in [0.29, 0.717) is 18.8 Å². The van der Waals surface area contributed by atoms with Gasteiger partial charge in [0.25, 0.3) is 5.56 Å². The Balaban J connectivity index is 1.27. The zero-order valence-corrected chi connectivity index (χ0v) is 15.0. The summed E-state index contributed by atoms with van der Waals surface area (Å²) in [6.07, 6.45) is 1.75. The summed E-state index contributed by atoms with van der Waals surface area (Å²) in [5.74, 6) is 0.820. The molecule has 25 heavy (non-hydrogen) atoms. The van der Waals surface area contributed by atoms with E-state index in [4.69, 9.17) is 4.74 Å². The molecule has 132 valence electrons. The SMILES string of the molecule is Cc1cc(OC2CN(C(=O)C3CN(c4nccs4)C3)C2)cc(=O)n1C. The Morgan fingerprint density at radius 2 is 2.04 bits per heavy atom. The van der Waals surface area contributed by atoms with Crippen LogP contribution < -0.4 is 15.2 Å². The van der Waals surface area contributed by atoms with Crippen LogP contribution in [0, 0.1) is 12.8 Å². The van der Waals surface area contributed by atoms with Crippen molar-refractivity contribution in [3.05, 3.63) is 39.8 Å². The summed E-state index contributed by atoms with van der Waals surface area (Å²) >= 11 is 1.60. The monoisotopic (exact) mass is 360 g/mol. The van der Waals surface area contributed by atoms with E-state index in [-0.39, 0.29) is 23.5 Å². The van der Waals surface area contributed by atoms with Gasteiger partial charge in [0, 0.05) is 43.5 Å². The van der Waals surface area contributed by atoms with Gasteiger partial charge in [0.15, 0.2) is 5.13 Å². The maximum atomic E-state index is 12.4. The van der Waals surface area contributed by atoms with Crippen LogP contribution in [-0.2, 0) is 11.8 Å². The summed E-state index contributed by atoms with van der Waals surface area (Å²) in [6.45, 7) is 4.52. The van der Waals surface area contributed by atoms with E-state index in [1.807, 2.05) is 23.3 Å². The molecule has 2 saturated heterocycles. The molecule has 4 rings (SSSR count). The zero-order chi connectivity index (χ0) is 17.6. The molecule has 2 aromatic rings. The molecule has 0 unspecified atom stereocenters. The maximum absolute atomic E-state index is 12.4. The molecular weight excluding hydrogens is 340 g/mol. The van der Waals surface area contributed by atoms with Gasteiger partial charge in [0.1, 0.15) is 11.9 Å². The van der Waals surface area contributed by atoms with Crippen molar-refractivity contribution in [3.63, 3.8) is 0 Å². The van der Waals surface area contributed by atoms with Crippen LogP contribution in [0.4, 0.5) is 5.13 Å². The Kier molecular flexibility index (Phi) is 3.99. The van der Waals surface area contributed by atoms with E-state index in [2.05, 4.69) is 9.88 Å². The standard InChI is InChI=1S/C17H20N4O3S/c1-11-5-13(6-15(22)19(11)2)24-14-9-20(10-14)16(23)12-7-21(8-12)17-18-3-4-25-17/h3-6,12,14H,7-10H2,1-2H3. The Labute approximate surface area is 149 Å². The number of rotatable bonds is 4. The van der Waals surface area contributed by atoms with Crippen LogP contribution in [0.1, 0.15) is 5.69 Å². The Morgan fingerprint density at radius 1 is 1.28 bits per heavy atom. The molecule has 0 radical (unpaired) electrons. The van der Waals surface area contributed by atoms with Crippen LogP contribution in [0.3, 0.4) is 0 Å². The third-order valence-corrected chi connectivity index (χ3v) is 5.69. The number of carbonyl (C=O) groups excluding carboxylic acids is 1. The summed E-state index contributed by atoms with van der Waals surface area (Å²) in [6, 6.07) is 3.35. The molecule has 2 aliphatic heterocycles. The maximum Gasteiger partial charge on any atom is 0.254 e. The fourth-order valence-corrected chi connectivity index (χ4v) is 3.77. The molecule has 0 bridgehead atoms. The number of amides is 1. The molecule has 1 amide bonds. The number of nitrogens with zero attached hydrogens (tertiary/aromatic N) is 4. The first-order chi connectivity index (χ1) is 12.0. The van der Waals surface area contributed by atoms with Crippen LogP contribution in [0.25, 0.3) is 0 Å². The predicted octanol–water partition coefficient (Wildman–Crippen LogP) is 0.876. The highest BCUT2D eigenvalue weighted by Gasteiger charge is 2.41. The van der Waals surface area contributed by atoms with Crippen LogP contribution in [0.2, 0.25) is 0 Å². The number of ether oxygens (including phenoxy) is 1. The fraction of sp³-hybridized carbons (Fsp3) is 0.471. The van der Waals surface area contributed by atoms with Gasteiger partial charge in [-0.15, -0.1) is 11.3 Å². The van der Waals surface area contributed by atoms with Crippen molar-refractivity contribution in [2.45, 2.75) is 13.0 Å². The van der Waals surface area contributed by atoms with Gasteiger partial charge in [-0.05, 0) is 13.0 Å². The minimum atomic E-state index is -0.0843. The molecule has 8 heteroatoms. The lowest BCUT2D eigenvalue weighted by molar-refractivity contribution is -0.145. The van der Waals surface area contributed by atoms with Crippen molar-refractivity contribution >= 4 is 22.4 Å². The second-order valence-corrected chi connectivity index (χ2v) is 7.50. The molecule has 2 aromatic heterocycles. The summed E-state index contributed by atoms with van der Waals surface area (Å²) < 4.78 is 7.41. The van der Waals surface area contributed by atoms with E-state index in [9.17, 15) is 9.59 Å². The summed E-state index contributed by atoms with van der Waals surface area (Å²) in [5.41, 5.74) is 0.769. The molecule has 4 heterocycles. The lowest BCUT2D eigenvalue weighted by Gasteiger charge is -2.45. The fourth-order valence-electron chi connectivity index (χ4n) is 3.11. The molecule has 2 fully saturated rings. The quantitative estimate of drug-likeness (QED) is 0.810. The minimum Gasteiger partial charge on any atom is -0.486 e. The molecule has 0 spiro atoms. The van der Waals surface area contributed by atoms with E-state index in [1.165, 1.54) is 6.07 Å². The Morgan fingerprint density at radius 3 is 2.68 bits per heavy atom. The molecule has 2 aliphatic rings. The van der Waals surface area contributed by atoms with E-state index < -0.39 is 0 Å². The second kappa shape index (κ2) is 6.18. The molecule has 0 saturated carbocycles. The van der Waals surface area contributed by atoms with Gasteiger partial charge < -0.3 is 19.1 Å². The number of hydrogen-bond donors (Lipinski definition) is 0. The van der Waals surface area contributed by atoms with Crippen LogP contribution in [0.5, 0.6) is 5.75 Å². The van der Waals surface area contributed by atoms with Gasteiger partial charge in [0.05, 0.1) is 19.0 Å². The van der Waals surface area contributed by atoms with Crippen molar-refractivity contribution in [2.75, 3.05) is 31.1 Å². The smallest absolute Gasteiger partial charge is 0.254 e. The summed E-state index contributed by atoms with van der Waals surface area (Å²) in [7, 11) is 1.73. The van der Waals surface area contributed by atoms with Crippen molar-refractivity contribution < 1.29 is 9.53 Å². The molecule has 0 N–H and O–H groups in total. The predicted molar refractivity (Wildman–Crippen MR) is 95.2 cm³/mol. The van der Waals surface area contributed by atoms with Gasteiger partial charge in [-0.25, -0.2) is 4.98 Å². The molecular formula is C17H20N4O3S. The number of carbonyl (C=O) groups is 1. The van der Waals surface area contributed by atoms with Crippen molar-refractivity contribution in [2.24, 2.45) is 13.0 Å². The second-order valence-electron chi connectivity index (χ2n) is 6.63. The van der Waals surface area contributed by atoms with Crippen LogP contribution >= 0.6 is 11.3 Å². The molecule has 7 nitrogen and oxygen atoms in total. The molecule has 0 aliphatic carbocycles. The Bertz CT molecular complexity index is 836. The third kappa shape index (κ3) is 3.02. The van der Waals surface area contributed by atoms with Gasteiger partial charge in [0.2, 0.25) is 5.91 Å². The van der Waals surface area contributed by atoms with Crippen molar-refractivity contribution in [1.29, 1.82) is 0 Å². The van der Waals surface area contributed by atoms with Gasteiger partial charge in [-0.3, -0.25) is 9.59 Å². The normalized spacial score (nSPS) is 18.0. The highest BCUT2D eigenvalue weighted by Crippen LogP contribution is 2.29. The zero-order valence-electron chi connectivity index (χ0n) is 14.2. The Hall–Kier alpha value is -2.35. The van der Waals surface area contributed by atoms with Gasteiger partial charge >= 0.3 is 0 Å². The first-order valence-corrected chi connectivity index (χ1v) is 9.17. The first-order valence-electron chi connectivity index (χ1n) is 8.29. The number of hydrogen-bond acceptors (Lipinski definition) is 6. The van der Waals surface area contributed by atoms with Gasteiger partial charge in [-0.1, -0.05) is 0 Å². The molecule has 0 aromatic carbocycles. The first kappa shape index (κ1) is 16.1. The van der Waals surface area contributed by atoms with Crippen LogP contribution in [0.15, 0.2) is 28.5 Å². The molecule has 0 atom stereocenters. The number of pyridine rings is 1. The number of thiazole rings is 1. The lowest BCUT2D eigenvalue weighted by atomic mass is 9.97. The topological polar surface area (TPSA) is 67.7 Å². The largest absolute Gasteiger partial charge is 0.486 e. The lowest BCUT2D eigenvalue weighted by Crippen LogP contribution is -2.62. The number of aryl methyl sites for hydroxylation is 1. The van der Waals surface area contributed by atoms with E-state index >= 15 is 0 Å². The summed E-state index contributed by atoms with van der Waals surface area (Å²) in [4.78, 5) is 32.5. The number of likely N-dealkylation sites (tertiary alicyclic amines) is 1. The average Bonchev–Trinajstić information content (AvgIpc) is 3.00. The highest BCUT2D eigenvalue weighted by molar-refractivity contribution is 7.13. The van der Waals surface area contributed by atoms with Gasteiger partial charge in [-0.2, -0.15) is 0 Å². The van der Waals surface area contributed by atoms with E-state index in [0.717, 1.165) is 23.9 Å². The van der Waals surface area contributed by atoms with E-state index in [1.54, 1.807) is 29.1 Å².